The summed E-state index contributed by atoms with van der Waals surface area (Å²) < 4.78 is 11.6. The van der Waals surface area contributed by atoms with Crippen LogP contribution in [0.15, 0.2) is 22.7 Å². The van der Waals surface area contributed by atoms with Gasteiger partial charge in [0, 0.05) is 44.4 Å². The lowest BCUT2D eigenvalue weighted by atomic mass is 10.0. The fraction of sp³-hybridized carbons (Fsp3) is 0.571. The first-order chi connectivity index (χ1) is 8.76. The van der Waals surface area contributed by atoms with Crippen molar-refractivity contribution in [2.45, 2.75) is 19.0 Å². The van der Waals surface area contributed by atoms with Crippen LogP contribution >= 0.6 is 15.9 Å². The molecule has 0 N–H and O–H groups in total. The molecule has 0 aromatic heterocycles. The summed E-state index contributed by atoms with van der Waals surface area (Å²) in [7, 11) is 3.51. The van der Waals surface area contributed by atoms with Gasteiger partial charge >= 0.3 is 0 Å². The molecule has 1 aromatic carbocycles. The molecule has 1 unspecified atom stereocenters. The van der Waals surface area contributed by atoms with Crippen molar-refractivity contribution in [1.29, 1.82) is 0 Å². The average Bonchev–Trinajstić information content (AvgIpc) is 2.70. The van der Waals surface area contributed by atoms with Crippen LogP contribution in [-0.2, 0) is 16.0 Å². The highest BCUT2D eigenvalue weighted by Crippen LogP contribution is 2.36. The van der Waals surface area contributed by atoms with Crippen molar-refractivity contribution < 1.29 is 9.47 Å². The van der Waals surface area contributed by atoms with E-state index >= 15 is 0 Å². The minimum Gasteiger partial charge on any atom is -0.385 e. The molecular weight excluding hydrogens is 294 g/mol. The van der Waals surface area contributed by atoms with Gasteiger partial charge in [-0.25, -0.2) is 0 Å². The molecule has 0 saturated heterocycles. The highest BCUT2D eigenvalue weighted by atomic mass is 79.9. The van der Waals surface area contributed by atoms with Crippen LogP contribution in [0.2, 0.25) is 0 Å². The number of hydrogen-bond donors (Lipinski definition) is 0. The molecule has 0 spiro atoms. The molecule has 18 heavy (non-hydrogen) atoms. The van der Waals surface area contributed by atoms with E-state index in [2.05, 4.69) is 39.0 Å². The smallest absolute Gasteiger partial charge is 0.0590 e. The van der Waals surface area contributed by atoms with Gasteiger partial charge < -0.3 is 9.47 Å². The van der Waals surface area contributed by atoms with Crippen LogP contribution in [0.4, 0.5) is 0 Å². The van der Waals surface area contributed by atoms with Gasteiger partial charge in [0.05, 0.1) is 6.61 Å². The summed E-state index contributed by atoms with van der Waals surface area (Å²) in [6.45, 7) is 3.55. The molecule has 0 amide bonds. The monoisotopic (exact) mass is 313 g/mol. The van der Waals surface area contributed by atoms with Gasteiger partial charge in [0.2, 0.25) is 0 Å². The van der Waals surface area contributed by atoms with Crippen LogP contribution in [0.1, 0.15) is 23.6 Å². The average molecular weight is 314 g/mol. The number of benzene rings is 1. The van der Waals surface area contributed by atoms with Gasteiger partial charge in [-0.2, -0.15) is 0 Å². The summed E-state index contributed by atoms with van der Waals surface area (Å²) in [6.07, 6.45) is 1.04. The number of hydrogen-bond acceptors (Lipinski definition) is 3. The van der Waals surface area contributed by atoms with Crippen molar-refractivity contribution in [1.82, 2.24) is 4.90 Å². The van der Waals surface area contributed by atoms with E-state index in [1.807, 2.05) is 0 Å². The quantitative estimate of drug-likeness (QED) is 0.806. The molecule has 1 aromatic rings. The summed E-state index contributed by atoms with van der Waals surface area (Å²) in [6, 6.07) is 7.04. The van der Waals surface area contributed by atoms with E-state index in [9.17, 15) is 0 Å². The summed E-state index contributed by atoms with van der Waals surface area (Å²) in [4.78, 5) is 2.47. The van der Waals surface area contributed by atoms with E-state index in [1.165, 1.54) is 11.1 Å². The number of fused-ring (bicyclic) bond motifs is 1. The number of rotatable bonds is 6. The second-order valence-electron chi connectivity index (χ2n) is 4.60. The van der Waals surface area contributed by atoms with Crippen molar-refractivity contribution in [3.05, 3.63) is 33.8 Å². The third-order valence-corrected chi connectivity index (χ3v) is 3.95. The summed E-state index contributed by atoms with van der Waals surface area (Å²) >= 11 is 3.54. The van der Waals surface area contributed by atoms with Gasteiger partial charge in [0.15, 0.2) is 0 Å². The Morgan fingerprint density at radius 1 is 1.28 bits per heavy atom. The molecule has 0 saturated carbocycles. The maximum atomic E-state index is 5.23. The second kappa shape index (κ2) is 6.66. The molecule has 1 aliphatic heterocycles. The number of methoxy groups -OCH3 is 2. The molecule has 3 nitrogen and oxygen atoms in total. The standard InChI is InChI=1S/C14H20BrNO2/c1-17-7-5-14-13-4-3-12(15)9-11(13)10-16(14)6-8-18-2/h3-4,9,14H,5-8,10H2,1-2H3. The van der Waals surface area contributed by atoms with Gasteiger partial charge in [0.25, 0.3) is 0 Å². The maximum Gasteiger partial charge on any atom is 0.0590 e. The first-order valence-corrected chi connectivity index (χ1v) is 7.05. The minimum atomic E-state index is 0.461. The van der Waals surface area contributed by atoms with Gasteiger partial charge in [-0.05, 0) is 29.7 Å². The Bertz CT molecular complexity index is 397. The highest BCUT2D eigenvalue weighted by Gasteiger charge is 2.29. The second-order valence-corrected chi connectivity index (χ2v) is 5.52. The predicted octanol–water partition coefficient (Wildman–Crippen LogP) is 2.99. The molecule has 1 aliphatic rings. The van der Waals surface area contributed by atoms with Gasteiger partial charge in [-0.15, -0.1) is 0 Å². The number of nitrogens with zero attached hydrogens (tertiary/aromatic N) is 1. The Labute approximate surface area is 117 Å². The normalized spacial score (nSPS) is 19.2. The van der Waals surface area contributed by atoms with E-state index < -0.39 is 0 Å². The van der Waals surface area contributed by atoms with Crippen molar-refractivity contribution in [2.75, 3.05) is 34.0 Å². The summed E-state index contributed by atoms with van der Waals surface area (Å²) in [5.41, 5.74) is 2.85. The van der Waals surface area contributed by atoms with Crippen molar-refractivity contribution >= 4 is 15.9 Å². The number of halogens is 1. The Morgan fingerprint density at radius 3 is 2.78 bits per heavy atom. The van der Waals surface area contributed by atoms with Crippen LogP contribution in [0, 0.1) is 0 Å². The first kappa shape index (κ1) is 14.0. The molecule has 1 atom stereocenters. The predicted molar refractivity (Wildman–Crippen MR) is 75.7 cm³/mol. The fourth-order valence-corrected chi connectivity index (χ4v) is 2.98. The lowest BCUT2D eigenvalue weighted by molar-refractivity contribution is 0.103. The molecule has 0 bridgehead atoms. The first-order valence-electron chi connectivity index (χ1n) is 6.26. The molecule has 0 aliphatic carbocycles. The Balaban J connectivity index is 2.14. The zero-order valence-electron chi connectivity index (χ0n) is 11.0. The van der Waals surface area contributed by atoms with E-state index in [0.717, 1.165) is 37.2 Å². The largest absolute Gasteiger partial charge is 0.385 e. The fourth-order valence-electron chi connectivity index (χ4n) is 2.57. The molecule has 0 radical (unpaired) electrons. The summed E-state index contributed by atoms with van der Waals surface area (Å²) in [5, 5.41) is 0. The van der Waals surface area contributed by atoms with Crippen LogP contribution in [0.25, 0.3) is 0 Å². The third kappa shape index (κ3) is 3.12. The molecule has 0 fully saturated rings. The lowest BCUT2D eigenvalue weighted by Crippen LogP contribution is -2.26. The SMILES string of the molecule is COCCC1c2ccc(Br)cc2CN1CCOC. The number of ether oxygens (including phenoxy) is 2. The van der Waals surface area contributed by atoms with Crippen molar-refractivity contribution in [3.63, 3.8) is 0 Å². The van der Waals surface area contributed by atoms with E-state index in [1.54, 1.807) is 14.2 Å². The van der Waals surface area contributed by atoms with E-state index in [0.29, 0.717) is 6.04 Å². The highest BCUT2D eigenvalue weighted by molar-refractivity contribution is 9.10. The van der Waals surface area contributed by atoms with Crippen molar-refractivity contribution in [2.24, 2.45) is 0 Å². The minimum absolute atomic E-state index is 0.461. The Hall–Kier alpha value is -0.420. The van der Waals surface area contributed by atoms with Gasteiger partial charge in [-0.3, -0.25) is 4.90 Å². The van der Waals surface area contributed by atoms with E-state index in [4.69, 9.17) is 9.47 Å². The maximum absolute atomic E-state index is 5.23. The summed E-state index contributed by atoms with van der Waals surface area (Å²) in [5.74, 6) is 0. The van der Waals surface area contributed by atoms with Crippen molar-refractivity contribution in [3.8, 4) is 0 Å². The van der Waals surface area contributed by atoms with Gasteiger partial charge in [0.1, 0.15) is 0 Å². The van der Waals surface area contributed by atoms with E-state index in [-0.39, 0.29) is 0 Å². The zero-order valence-corrected chi connectivity index (χ0v) is 12.6. The van der Waals surface area contributed by atoms with Crippen LogP contribution < -0.4 is 0 Å². The molecule has 1 heterocycles. The molecular formula is C14H20BrNO2. The van der Waals surface area contributed by atoms with Crippen LogP contribution in [0.3, 0.4) is 0 Å². The molecule has 100 valence electrons. The zero-order chi connectivity index (χ0) is 13.0. The molecule has 4 heteroatoms. The van der Waals surface area contributed by atoms with Gasteiger partial charge in [-0.1, -0.05) is 22.0 Å². The van der Waals surface area contributed by atoms with Crippen LogP contribution in [0.5, 0.6) is 0 Å². The lowest BCUT2D eigenvalue weighted by Gasteiger charge is -2.24. The Morgan fingerprint density at radius 2 is 2.06 bits per heavy atom. The Kier molecular flexibility index (Phi) is 5.18. The molecule has 2 rings (SSSR count). The van der Waals surface area contributed by atoms with Crippen LogP contribution in [-0.4, -0.2) is 38.9 Å². The topological polar surface area (TPSA) is 21.7 Å². The third-order valence-electron chi connectivity index (χ3n) is 3.46.